The van der Waals surface area contributed by atoms with Gasteiger partial charge in [-0.2, -0.15) is 0 Å². The van der Waals surface area contributed by atoms with Gasteiger partial charge in [0, 0.05) is 50.1 Å². The van der Waals surface area contributed by atoms with E-state index in [1.165, 1.54) is 83.6 Å². The molecule has 304 valence electrons. The average Bonchev–Trinajstić information content (AvgIpc) is 3.72. The van der Waals surface area contributed by atoms with Crippen molar-refractivity contribution in [1.29, 1.82) is 0 Å². The fourth-order valence-corrected chi connectivity index (χ4v) is 11.6. The summed E-state index contributed by atoms with van der Waals surface area (Å²) < 4.78 is 7.19. The monoisotopic (exact) mass is 820 g/mol. The first-order valence-electron chi connectivity index (χ1n) is 22.5. The van der Waals surface area contributed by atoms with Crippen molar-refractivity contribution in [2.24, 2.45) is 0 Å². The normalized spacial score (nSPS) is 14.3. The zero-order valence-corrected chi connectivity index (χ0v) is 36.4. The average molecular weight is 821 g/mol. The second-order valence-corrected chi connectivity index (χ2v) is 18.9. The Morgan fingerprint density at radius 3 is 1.89 bits per heavy atom. The SMILES string of the molecule is Cc1cc2c3c(c1)N(c1ccc(C(C)(C)C)cc1-c1ccccc1)c1ccc4c(oc5ccccc54)c1B3N1c3ccccc3C(c3ccccc3)(c3ccccc3)c3cccc-2c31. The molecule has 3 aliphatic heterocycles. The number of para-hydroxylation sites is 3. The third-order valence-electron chi connectivity index (χ3n) is 14.3. The lowest BCUT2D eigenvalue weighted by atomic mass is 9.42. The van der Waals surface area contributed by atoms with E-state index in [4.69, 9.17) is 4.42 Å². The van der Waals surface area contributed by atoms with Gasteiger partial charge in [-0.1, -0.05) is 178 Å². The van der Waals surface area contributed by atoms with E-state index in [0.717, 1.165) is 33.3 Å². The van der Waals surface area contributed by atoms with Crippen molar-refractivity contribution >= 4 is 68.1 Å². The highest BCUT2D eigenvalue weighted by Gasteiger charge is 2.54. The number of rotatable bonds is 4. The number of benzene rings is 9. The van der Waals surface area contributed by atoms with E-state index in [0.29, 0.717) is 0 Å². The molecule has 0 N–H and O–H groups in total. The van der Waals surface area contributed by atoms with Gasteiger partial charge in [0.05, 0.1) is 11.1 Å². The van der Waals surface area contributed by atoms with E-state index in [1.807, 2.05) is 0 Å². The Morgan fingerprint density at radius 2 is 1.14 bits per heavy atom. The first-order valence-corrected chi connectivity index (χ1v) is 22.5. The minimum Gasteiger partial charge on any atom is -0.456 e. The predicted octanol–water partition coefficient (Wildman–Crippen LogP) is 14.3. The van der Waals surface area contributed by atoms with E-state index < -0.39 is 5.41 Å². The van der Waals surface area contributed by atoms with Crippen LogP contribution in [0.4, 0.5) is 28.4 Å². The number of anilines is 5. The Balaban J connectivity index is 1.20. The Bertz CT molecular complexity index is 3470. The molecule has 0 bridgehead atoms. The molecule has 4 heterocycles. The maximum absolute atomic E-state index is 7.19. The summed E-state index contributed by atoms with van der Waals surface area (Å²) in [5.74, 6) is 0. The highest BCUT2D eigenvalue weighted by atomic mass is 16.3. The van der Waals surface area contributed by atoms with Crippen LogP contribution in [0.5, 0.6) is 0 Å². The molecule has 0 radical (unpaired) electrons. The summed E-state index contributed by atoms with van der Waals surface area (Å²) >= 11 is 0. The second kappa shape index (κ2) is 13.5. The van der Waals surface area contributed by atoms with Gasteiger partial charge in [0.2, 0.25) is 0 Å². The molecule has 0 spiro atoms. The highest BCUT2D eigenvalue weighted by Crippen LogP contribution is 2.60. The summed E-state index contributed by atoms with van der Waals surface area (Å²) in [6.07, 6.45) is 0. The molecule has 0 saturated heterocycles. The first-order chi connectivity index (χ1) is 31.3. The molecule has 3 nitrogen and oxygen atoms in total. The molecule has 0 fully saturated rings. The number of hydrogen-bond donors (Lipinski definition) is 0. The predicted molar refractivity (Wildman–Crippen MR) is 268 cm³/mol. The molecule has 3 aliphatic rings. The molecule has 0 amide bonds. The zero-order valence-electron chi connectivity index (χ0n) is 36.4. The standard InChI is InChI=1S/C60H45BN2O/c1-38-35-47-44-26-18-28-49-57(44)63(51-29-16-15-27-48(51)60(49,40-21-10-6-11-22-40)41-23-12-7-13-24-41)61-55(47)53(36-38)62(52-34-32-45-43-25-14-17-30-54(43)64-58(45)56(52)61)50-33-31-42(59(2,3)4)37-46(50)39-19-8-5-9-20-39/h5-37H,1-4H3. The largest absolute Gasteiger partial charge is 0.456 e. The third-order valence-corrected chi connectivity index (χ3v) is 14.3. The van der Waals surface area contributed by atoms with E-state index in [-0.39, 0.29) is 12.3 Å². The van der Waals surface area contributed by atoms with Crippen molar-refractivity contribution in [3.05, 3.63) is 234 Å². The van der Waals surface area contributed by atoms with E-state index in [2.05, 4.69) is 238 Å². The summed E-state index contributed by atoms with van der Waals surface area (Å²) in [6, 6.07) is 74.6. The first kappa shape index (κ1) is 37.0. The number of furan rings is 1. The minimum absolute atomic E-state index is 0.0340. The quantitative estimate of drug-likeness (QED) is 0.165. The van der Waals surface area contributed by atoms with Crippen LogP contribution in [0, 0.1) is 6.92 Å². The van der Waals surface area contributed by atoms with Gasteiger partial charge in [-0.05, 0) is 105 Å². The van der Waals surface area contributed by atoms with Crippen LogP contribution in [0.25, 0.3) is 44.2 Å². The van der Waals surface area contributed by atoms with Crippen LogP contribution < -0.4 is 20.6 Å². The number of hydrogen-bond acceptors (Lipinski definition) is 3. The lowest BCUT2D eigenvalue weighted by molar-refractivity contribution is 0.590. The van der Waals surface area contributed by atoms with Gasteiger partial charge in [-0.25, -0.2) is 0 Å². The van der Waals surface area contributed by atoms with Crippen LogP contribution in [0.1, 0.15) is 54.2 Å². The topological polar surface area (TPSA) is 19.6 Å². The van der Waals surface area contributed by atoms with Crippen LogP contribution in [0.15, 0.2) is 205 Å². The summed E-state index contributed by atoms with van der Waals surface area (Å²) in [5.41, 5.74) is 22.0. The summed E-state index contributed by atoms with van der Waals surface area (Å²) in [6.45, 7) is 8.96. The lowest BCUT2D eigenvalue weighted by Gasteiger charge is -2.53. The van der Waals surface area contributed by atoms with Crippen molar-refractivity contribution < 1.29 is 4.42 Å². The molecule has 64 heavy (non-hydrogen) atoms. The molecule has 9 aromatic carbocycles. The van der Waals surface area contributed by atoms with Crippen LogP contribution >= 0.6 is 0 Å². The maximum Gasteiger partial charge on any atom is 0.336 e. The molecule has 10 aromatic rings. The van der Waals surface area contributed by atoms with Gasteiger partial charge in [-0.15, -0.1) is 0 Å². The van der Waals surface area contributed by atoms with Crippen LogP contribution in [0.3, 0.4) is 0 Å². The Hall–Kier alpha value is -7.56. The molecule has 0 aliphatic carbocycles. The fraction of sp³-hybridized carbons (Fsp3) is 0.100. The van der Waals surface area contributed by atoms with Crippen LogP contribution in [-0.2, 0) is 10.8 Å². The summed E-state index contributed by atoms with van der Waals surface area (Å²) in [7, 11) is 0. The number of aryl methyl sites for hydroxylation is 1. The molecular weight excluding hydrogens is 775 g/mol. The maximum atomic E-state index is 7.19. The van der Waals surface area contributed by atoms with Gasteiger partial charge in [0.25, 0.3) is 0 Å². The van der Waals surface area contributed by atoms with Gasteiger partial charge in [0.15, 0.2) is 0 Å². The number of nitrogens with zero attached hydrogens (tertiary/aromatic N) is 2. The molecule has 0 unspecified atom stereocenters. The molecule has 0 atom stereocenters. The van der Waals surface area contributed by atoms with Crippen molar-refractivity contribution in [1.82, 2.24) is 0 Å². The molecule has 0 saturated carbocycles. The molecule has 13 rings (SSSR count). The Morgan fingerprint density at radius 1 is 0.484 bits per heavy atom. The van der Waals surface area contributed by atoms with Crippen LogP contribution in [-0.4, -0.2) is 6.85 Å². The van der Waals surface area contributed by atoms with E-state index >= 15 is 0 Å². The van der Waals surface area contributed by atoms with Crippen LogP contribution in [0.2, 0.25) is 0 Å². The smallest absolute Gasteiger partial charge is 0.336 e. The van der Waals surface area contributed by atoms with Crippen molar-refractivity contribution in [3.8, 4) is 22.3 Å². The van der Waals surface area contributed by atoms with Crippen molar-refractivity contribution in [2.45, 2.75) is 38.5 Å². The Labute approximate surface area is 375 Å². The second-order valence-electron chi connectivity index (χ2n) is 18.9. The zero-order chi connectivity index (χ0) is 42.9. The van der Waals surface area contributed by atoms with Gasteiger partial charge < -0.3 is 14.1 Å². The summed E-state index contributed by atoms with van der Waals surface area (Å²) in [4.78, 5) is 5.25. The molecular formula is C60H45BN2O. The van der Waals surface area contributed by atoms with Gasteiger partial charge >= 0.3 is 6.85 Å². The van der Waals surface area contributed by atoms with E-state index in [1.54, 1.807) is 0 Å². The number of fused-ring (bicyclic) bond motifs is 10. The lowest BCUT2D eigenvalue weighted by Crippen LogP contribution is -2.63. The third kappa shape index (κ3) is 5.00. The Kier molecular flexibility index (Phi) is 7.80. The van der Waals surface area contributed by atoms with E-state index in [9.17, 15) is 0 Å². The van der Waals surface area contributed by atoms with Gasteiger partial charge in [-0.3, -0.25) is 0 Å². The van der Waals surface area contributed by atoms with Crippen molar-refractivity contribution in [2.75, 3.05) is 9.71 Å². The highest BCUT2D eigenvalue weighted by molar-refractivity contribution is 6.95. The fourth-order valence-electron chi connectivity index (χ4n) is 11.6. The van der Waals surface area contributed by atoms with Crippen molar-refractivity contribution in [3.63, 3.8) is 0 Å². The minimum atomic E-state index is -0.584. The molecule has 1 aromatic heterocycles. The summed E-state index contributed by atoms with van der Waals surface area (Å²) in [5, 5.41) is 2.26. The van der Waals surface area contributed by atoms with Gasteiger partial charge in [0.1, 0.15) is 11.2 Å². The molecule has 4 heteroatoms.